The van der Waals surface area contributed by atoms with Crippen LogP contribution in [-0.4, -0.2) is 12.2 Å². The van der Waals surface area contributed by atoms with Crippen LogP contribution in [0.5, 0.6) is 11.5 Å². The standard InChI is InChI=1S/C8H10FNO2/c1-12-8-3-7(11)5(4-10)2-6(8)9/h2-3,11H,4,10H2,1H3. The number of rotatable bonds is 2. The zero-order valence-corrected chi connectivity index (χ0v) is 6.67. The molecule has 1 aromatic carbocycles. The third kappa shape index (κ3) is 1.48. The van der Waals surface area contributed by atoms with Crippen LogP contribution in [0.25, 0.3) is 0 Å². The number of hydrogen-bond acceptors (Lipinski definition) is 3. The molecule has 0 bridgehead atoms. The van der Waals surface area contributed by atoms with Crippen molar-refractivity contribution >= 4 is 0 Å². The summed E-state index contributed by atoms with van der Waals surface area (Å²) in [5.41, 5.74) is 5.61. The van der Waals surface area contributed by atoms with Crippen molar-refractivity contribution in [1.82, 2.24) is 0 Å². The van der Waals surface area contributed by atoms with E-state index in [4.69, 9.17) is 5.73 Å². The number of ether oxygens (including phenoxy) is 1. The fraction of sp³-hybridized carbons (Fsp3) is 0.250. The zero-order chi connectivity index (χ0) is 9.14. The maximum Gasteiger partial charge on any atom is 0.165 e. The molecule has 0 aromatic heterocycles. The average Bonchev–Trinajstić information content (AvgIpc) is 2.08. The number of hydrogen-bond donors (Lipinski definition) is 2. The molecular formula is C8H10FNO2. The summed E-state index contributed by atoms with van der Waals surface area (Å²) in [6.07, 6.45) is 0. The van der Waals surface area contributed by atoms with Crippen molar-refractivity contribution in [2.75, 3.05) is 7.11 Å². The van der Waals surface area contributed by atoms with Crippen LogP contribution in [0.15, 0.2) is 12.1 Å². The fourth-order valence-corrected chi connectivity index (χ4v) is 0.904. The summed E-state index contributed by atoms with van der Waals surface area (Å²) in [4.78, 5) is 0. The number of halogens is 1. The van der Waals surface area contributed by atoms with E-state index in [0.29, 0.717) is 5.56 Å². The molecule has 12 heavy (non-hydrogen) atoms. The highest BCUT2D eigenvalue weighted by atomic mass is 19.1. The van der Waals surface area contributed by atoms with Crippen molar-refractivity contribution in [2.45, 2.75) is 6.54 Å². The van der Waals surface area contributed by atoms with Crippen LogP contribution >= 0.6 is 0 Å². The molecule has 1 aromatic rings. The summed E-state index contributed by atoms with van der Waals surface area (Å²) >= 11 is 0. The molecule has 3 N–H and O–H groups in total. The normalized spacial score (nSPS) is 9.92. The van der Waals surface area contributed by atoms with E-state index in [9.17, 15) is 9.50 Å². The van der Waals surface area contributed by atoms with Crippen LogP contribution in [0, 0.1) is 5.82 Å². The Morgan fingerprint density at radius 2 is 2.25 bits per heavy atom. The Morgan fingerprint density at radius 3 is 2.75 bits per heavy atom. The number of methoxy groups -OCH3 is 1. The Morgan fingerprint density at radius 1 is 1.58 bits per heavy atom. The molecule has 3 nitrogen and oxygen atoms in total. The SMILES string of the molecule is COc1cc(O)c(CN)cc1F. The monoisotopic (exact) mass is 171 g/mol. The maximum atomic E-state index is 12.9. The molecule has 0 fully saturated rings. The zero-order valence-electron chi connectivity index (χ0n) is 6.67. The van der Waals surface area contributed by atoms with Crippen molar-refractivity contribution < 1.29 is 14.2 Å². The first-order valence-electron chi connectivity index (χ1n) is 3.44. The smallest absolute Gasteiger partial charge is 0.165 e. The van der Waals surface area contributed by atoms with Gasteiger partial charge in [-0.25, -0.2) is 4.39 Å². The van der Waals surface area contributed by atoms with Gasteiger partial charge in [0, 0.05) is 18.2 Å². The number of benzene rings is 1. The molecule has 0 unspecified atom stereocenters. The number of phenolic OH excluding ortho intramolecular Hbond substituents is 1. The number of aromatic hydroxyl groups is 1. The van der Waals surface area contributed by atoms with Crippen molar-refractivity contribution in [3.05, 3.63) is 23.5 Å². The van der Waals surface area contributed by atoms with E-state index in [1.165, 1.54) is 13.2 Å². The van der Waals surface area contributed by atoms with Crippen molar-refractivity contribution in [1.29, 1.82) is 0 Å². The fourth-order valence-electron chi connectivity index (χ4n) is 0.904. The highest BCUT2D eigenvalue weighted by Gasteiger charge is 2.07. The molecule has 0 spiro atoms. The number of nitrogens with two attached hydrogens (primary N) is 1. The van der Waals surface area contributed by atoms with Crippen molar-refractivity contribution in [3.8, 4) is 11.5 Å². The summed E-state index contributed by atoms with van der Waals surface area (Å²) in [5.74, 6) is -0.545. The predicted octanol–water partition coefficient (Wildman–Crippen LogP) is 0.999. The maximum absolute atomic E-state index is 12.9. The van der Waals surface area contributed by atoms with Crippen LogP contribution in [-0.2, 0) is 6.54 Å². The lowest BCUT2D eigenvalue weighted by atomic mass is 10.2. The second-order valence-electron chi connectivity index (χ2n) is 2.32. The Bertz CT molecular complexity index is 259. The minimum Gasteiger partial charge on any atom is -0.507 e. The van der Waals surface area contributed by atoms with E-state index in [1.54, 1.807) is 0 Å². The lowest BCUT2D eigenvalue weighted by Gasteiger charge is -2.05. The minimum atomic E-state index is -0.518. The molecule has 0 saturated carbocycles. The Kier molecular flexibility index (Phi) is 2.50. The first-order chi connectivity index (χ1) is 5.69. The highest BCUT2D eigenvalue weighted by Crippen LogP contribution is 2.26. The molecule has 0 amide bonds. The van der Waals surface area contributed by atoms with Crippen LogP contribution < -0.4 is 10.5 Å². The van der Waals surface area contributed by atoms with Crippen LogP contribution in [0.4, 0.5) is 4.39 Å². The quantitative estimate of drug-likeness (QED) is 0.697. The summed E-state index contributed by atoms with van der Waals surface area (Å²) in [6, 6.07) is 2.37. The molecule has 0 aliphatic rings. The molecule has 66 valence electrons. The highest BCUT2D eigenvalue weighted by molar-refractivity contribution is 5.40. The van der Waals surface area contributed by atoms with Crippen LogP contribution in [0.3, 0.4) is 0 Å². The molecule has 0 saturated heterocycles. The third-order valence-corrected chi connectivity index (χ3v) is 1.57. The van der Waals surface area contributed by atoms with E-state index < -0.39 is 5.82 Å². The van der Waals surface area contributed by atoms with Gasteiger partial charge in [-0.15, -0.1) is 0 Å². The molecule has 0 aliphatic heterocycles. The summed E-state index contributed by atoms with van der Waals surface area (Å²) in [7, 11) is 1.33. The Balaban J connectivity index is 3.16. The summed E-state index contributed by atoms with van der Waals surface area (Å²) in [5, 5.41) is 9.22. The minimum absolute atomic E-state index is 0.0182. The molecule has 4 heteroatoms. The predicted molar refractivity (Wildman–Crippen MR) is 42.5 cm³/mol. The second kappa shape index (κ2) is 3.40. The Labute approximate surface area is 69.6 Å². The molecule has 0 aliphatic carbocycles. The first kappa shape index (κ1) is 8.80. The Hall–Kier alpha value is -1.29. The molecule has 0 atom stereocenters. The lowest BCUT2D eigenvalue weighted by Crippen LogP contribution is -1.98. The van der Waals surface area contributed by atoms with E-state index in [2.05, 4.69) is 4.74 Å². The first-order valence-corrected chi connectivity index (χ1v) is 3.44. The van der Waals surface area contributed by atoms with Gasteiger partial charge in [0.05, 0.1) is 7.11 Å². The molecular weight excluding hydrogens is 161 g/mol. The van der Waals surface area contributed by atoms with Gasteiger partial charge in [-0.2, -0.15) is 0 Å². The van der Waals surface area contributed by atoms with E-state index in [0.717, 1.165) is 6.07 Å². The average molecular weight is 171 g/mol. The van der Waals surface area contributed by atoms with Crippen molar-refractivity contribution in [2.24, 2.45) is 5.73 Å². The largest absolute Gasteiger partial charge is 0.507 e. The van der Waals surface area contributed by atoms with E-state index in [-0.39, 0.29) is 18.0 Å². The second-order valence-corrected chi connectivity index (χ2v) is 2.32. The van der Waals surface area contributed by atoms with Gasteiger partial charge in [-0.1, -0.05) is 0 Å². The van der Waals surface area contributed by atoms with Gasteiger partial charge < -0.3 is 15.6 Å². The molecule has 1 rings (SSSR count). The third-order valence-electron chi connectivity index (χ3n) is 1.57. The lowest BCUT2D eigenvalue weighted by molar-refractivity contribution is 0.379. The van der Waals surface area contributed by atoms with Gasteiger partial charge in [0.2, 0.25) is 0 Å². The van der Waals surface area contributed by atoms with Crippen LogP contribution in [0.1, 0.15) is 5.56 Å². The van der Waals surface area contributed by atoms with Gasteiger partial charge in [-0.3, -0.25) is 0 Å². The molecule has 0 radical (unpaired) electrons. The van der Waals surface area contributed by atoms with Crippen LogP contribution in [0.2, 0.25) is 0 Å². The van der Waals surface area contributed by atoms with Gasteiger partial charge in [0.15, 0.2) is 11.6 Å². The van der Waals surface area contributed by atoms with Gasteiger partial charge >= 0.3 is 0 Å². The molecule has 0 heterocycles. The van der Waals surface area contributed by atoms with Gasteiger partial charge in [-0.05, 0) is 6.07 Å². The van der Waals surface area contributed by atoms with Gasteiger partial charge in [0.25, 0.3) is 0 Å². The summed E-state index contributed by atoms with van der Waals surface area (Å²) in [6.45, 7) is 0.104. The van der Waals surface area contributed by atoms with Crippen molar-refractivity contribution in [3.63, 3.8) is 0 Å². The van der Waals surface area contributed by atoms with Gasteiger partial charge in [0.1, 0.15) is 5.75 Å². The van der Waals surface area contributed by atoms with E-state index in [1.807, 2.05) is 0 Å². The number of phenols is 1. The topological polar surface area (TPSA) is 55.5 Å². The summed E-state index contributed by atoms with van der Waals surface area (Å²) < 4.78 is 17.6. The van der Waals surface area contributed by atoms with E-state index >= 15 is 0 Å².